The van der Waals surface area contributed by atoms with Crippen LogP contribution >= 0.6 is 0 Å². The van der Waals surface area contributed by atoms with E-state index in [1.807, 2.05) is 32.2 Å². The number of hydrogen-bond donors (Lipinski definition) is 0. The van der Waals surface area contributed by atoms with Crippen molar-refractivity contribution in [2.45, 2.75) is 59.1 Å². The number of carbonyl (C=O) groups is 1. The fourth-order valence-electron chi connectivity index (χ4n) is 5.51. The number of benzene rings is 1. The number of ether oxygens (including phenoxy) is 1. The Kier molecular flexibility index (Phi) is 4.82. The summed E-state index contributed by atoms with van der Waals surface area (Å²) in [6.07, 6.45) is 10.7. The van der Waals surface area contributed by atoms with Crippen molar-refractivity contribution in [2.24, 2.45) is 5.92 Å². The largest absolute Gasteiger partial charge is 0.457 e. The van der Waals surface area contributed by atoms with Crippen LogP contribution in [0.3, 0.4) is 0 Å². The molecule has 6 nitrogen and oxygen atoms in total. The topological polar surface area (TPSA) is 70.2 Å². The van der Waals surface area contributed by atoms with Crippen LogP contribution in [0.5, 0.6) is 0 Å². The molecular formula is C27H27N3O3. The van der Waals surface area contributed by atoms with Gasteiger partial charge < -0.3 is 13.8 Å². The normalized spacial score (nSPS) is 16.4. The molecule has 0 spiro atoms. The van der Waals surface area contributed by atoms with Crippen LogP contribution in [0.25, 0.3) is 33.3 Å². The summed E-state index contributed by atoms with van der Waals surface area (Å²) in [7, 11) is 0. The van der Waals surface area contributed by atoms with Gasteiger partial charge in [-0.1, -0.05) is 30.5 Å². The van der Waals surface area contributed by atoms with Crippen molar-refractivity contribution >= 4 is 17.0 Å². The monoisotopic (exact) mass is 441 g/mol. The molecule has 168 valence electrons. The first-order valence-corrected chi connectivity index (χ1v) is 11.8. The molecular weight excluding hydrogens is 414 g/mol. The first kappa shape index (κ1) is 20.2. The number of pyridine rings is 1. The van der Waals surface area contributed by atoms with Crippen LogP contribution in [0.2, 0.25) is 0 Å². The van der Waals surface area contributed by atoms with Gasteiger partial charge in [0.1, 0.15) is 12.4 Å². The van der Waals surface area contributed by atoms with Gasteiger partial charge in [-0.25, -0.2) is 4.79 Å². The molecule has 0 radical (unpaired) electrons. The molecule has 3 aromatic heterocycles. The molecule has 33 heavy (non-hydrogen) atoms. The Morgan fingerprint density at radius 2 is 1.91 bits per heavy atom. The second-order valence-corrected chi connectivity index (χ2v) is 9.44. The standard InChI is InChI=1S/C27H27N3O3/c1-16-25(17(2)33-29-16)20-11-24-26(28-12-20)23(14-30(24)13-18-6-4-3-5-7-18)19-8-9-22-21(10-19)15-32-27(22)31/h8-12,14,18H,3-7,13,15H2,1-2H3. The zero-order valence-electron chi connectivity index (χ0n) is 19.1. The van der Waals surface area contributed by atoms with Crippen LogP contribution in [-0.2, 0) is 17.9 Å². The van der Waals surface area contributed by atoms with Gasteiger partial charge in [-0.05, 0) is 56.4 Å². The average molecular weight is 442 g/mol. The van der Waals surface area contributed by atoms with Gasteiger partial charge in [0.15, 0.2) is 0 Å². The molecule has 4 heterocycles. The molecule has 0 bridgehead atoms. The molecule has 1 aliphatic heterocycles. The Balaban J connectivity index is 1.49. The summed E-state index contributed by atoms with van der Waals surface area (Å²) < 4.78 is 13.0. The Hall–Kier alpha value is -3.41. The molecule has 6 heteroatoms. The lowest BCUT2D eigenvalue weighted by Gasteiger charge is -2.22. The van der Waals surface area contributed by atoms with E-state index in [9.17, 15) is 4.79 Å². The van der Waals surface area contributed by atoms with Gasteiger partial charge in [0.05, 0.1) is 22.3 Å². The predicted octanol–water partition coefficient (Wildman–Crippen LogP) is 6.23. The molecule has 4 aromatic rings. The Labute approximate surface area is 192 Å². The first-order chi connectivity index (χ1) is 16.1. The van der Waals surface area contributed by atoms with E-state index in [-0.39, 0.29) is 5.97 Å². The number of fused-ring (bicyclic) bond motifs is 2. The van der Waals surface area contributed by atoms with Gasteiger partial charge in [0.25, 0.3) is 0 Å². The summed E-state index contributed by atoms with van der Waals surface area (Å²) in [6.45, 7) is 5.25. The van der Waals surface area contributed by atoms with Crippen LogP contribution in [0.15, 0.2) is 41.2 Å². The number of hydrogen-bond acceptors (Lipinski definition) is 5. The Bertz CT molecular complexity index is 1360. The molecule has 0 N–H and O–H groups in total. The van der Waals surface area contributed by atoms with Gasteiger partial charge in [-0.2, -0.15) is 0 Å². The van der Waals surface area contributed by atoms with E-state index in [1.54, 1.807) is 0 Å². The molecule has 2 aliphatic rings. The molecule has 6 rings (SSSR count). The van der Waals surface area contributed by atoms with Crippen LogP contribution in [0.4, 0.5) is 0 Å². The minimum absolute atomic E-state index is 0.237. The van der Waals surface area contributed by atoms with Crippen LogP contribution in [0.1, 0.15) is 59.5 Å². The number of aryl methyl sites for hydroxylation is 2. The minimum atomic E-state index is -0.237. The van der Waals surface area contributed by atoms with Crippen molar-refractivity contribution in [3.63, 3.8) is 0 Å². The number of carbonyl (C=O) groups excluding carboxylic acids is 1. The molecule has 0 atom stereocenters. The maximum atomic E-state index is 11.9. The maximum absolute atomic E-state index is 11.9. The second-order valence-electron chi connectivity index (χ2n) is 9.44. The molecule has 1 fully saturated rings. The van der Waals surface area contributed by atoms with E-state index in [0.29, 0.717) is 18.1 Å². The number of esters is 1. The fraction of sp³-hybridized carbons (Fsp3) is 0.370. The Morgan fingerprint density at radius 1 is 1.06 bits per heavy atom. The highest BCUT2D eigenvalue weighted by molar-refractivity contribution is 5.97. The molecule has 0 saturated heterocycles. The summed E-state index contributed by atoms with van der Waals surface area (Å²) in [5, 5.41) is 4.13. The third kappa shape index (κ3) is 3.45. The van der Waals surface area contributed by atoms with Crippen molar-refractivity contribution in [2.75, 3.05) is 0 Å². The maximum Gasteiger partial charge on any atom is 0.338 e. The van der Waals surface area contributed by atoms with Crippen LogP contribution < -0.4 is 0 Å². The quantitative estimate of drug-likeness (QED) is 0.351. The van der Waals surface area contributed by atoms with Crippen molar-refractivity contribution in [3.05, 3.63) is 59.2 Å². The highest BCUT2D eigenvalue weighted by atomic mass is 16.5. The number of aromatic nitrogens is 3. The van der Waals surface area contributed by atoms with Crippen molar-refractivity contribution < 1.29 is 14.1 Å². The zero-order valence-corrected chi connectivity index (χ0v) is 19.1. The van der Waals surface area contributed by atoms with Crippen LogP contribution in [-0.4, -0.2) is 20.7 Å². The summed E-state index contributed by atoms with van der Waals surface area (Å²) in [6, 6.07) is 8.18. The van der Waals surface area contributed by atoms with E-state index >= 15 is 0 Å². The first-order valence-electron chi connectivity index (χ1n) is 11.8. The van der Waals surface area contributed by atoms with E-state index < -0.39 is 0 Å². The van der Waals surface area contributed by atoms with Crippen molar-refractivity contribution in [3.8, 4) is 22.3 Å². The van der Waals surface area contributed by atoms with E-state index in [4.69, 9.17) is 14.2 Å². The second kappa shape index (κ2) is 7.87. The van der Waals surface area contributed by atoms with Crippen molar-refractivity contribution in [1.82, 2.24) is 14.7 Å². The van der Waals surface area contributed by atoms with Gasteiger partial charge in [0.2, 0.25) is 0 Å². The lowest BCUT2D eigenvalue weighted by Crippen LogP contribution is -2.13. The zero-order chi connectivity index (χ0) is 22.5. The summed E-state index contributed by atoms with van der Waals surface area (Å²) in [4.78, 5) is 16.8. The van der Waals surface area contributed by atoms with Crippen molar-refractivity contribution in [1.29, 1.82) is 0 Å². The molecule has 0 unspecified atom stereocenters. The summed E-state index contributed by atoms with van der Waals surface area (Å²) >= 11 is 0. The molecule has 1 aromatic carbocycles. The third-order valence-electron chi connectivity index (χ3n) is 7.21. The SMILES string of the molecule is Cc1noc(C)c1-c1cnc2c(-c3ccc4c(c3)COC4=O)cn(CC3CCCCC3)c2c1. The van der Waals surface area contributed by atoms with E-state index in [0.717, 1.165) is 56.8 Å². The van der Waals surface area contributed by atoms with Gasteiger partial charge in [0, 0.05) is 41.2 Å². The highest BCUT2D eigenvalue weighted by Gasteiger charge is 2.24. The predicted molar refractivity (Wildman–Crippen MR) is 126 cm³/mol. The van der Waals surface area contributed by atoms with Gasteiger partial charge in [-0.15, -0.1) is 0 Å². The molecule has 1 aliphatic carbocycles. The number of rotatable bonds is 4. The summed E-state index contributed by atoms with van der Waals surface area (Å²) in [5.41, 5.74) is 8.79. The number of cyclic esters (lactones) is 1. The van der Waals surface area contributed by atoms with Crippen LogP contribution in [0, 0.1) is 19.8 Å². The van der Waals surface area contributed by atoms with E-state index in [1.165, 1.54) is 32.1 Å². The lowest BCUT2D eigenvalue weighted by molar-refractivity contribution is 0.0535. The summed E-state index contributed by atoms with van der Waals surface area (Å²) in [5.74, 6) is 1.26. The average Bonchev–Trinajstić information content (AvgIpc) is 3.49. The third-order valence-corrected chi connectivity index (χ3v) is 7.21. The highest BCUT2D eigenvalue weighted by Crippen LogP contribution is 2.36. The minimum Gasteiger partial charge on any atom is -0.457 e. The van der Waals surface area contributed by atoms with Gasteiger partial charge in [-0.3, -0.25) is 4.98 Å². The lowest BCUT2D eigenvalue weighted by atomic mass is 9.89. The molecule has 0 amide bonds. The molecule has 1 saturated carbocycles. The smallest absolute Gasteiger partial charge is 0.338 e. The van der Waals surface area contributed by atoms with E-state index in [2.05, 4.69) is 28.1 Å². The Morgan fingerprint density at radius 3 is 2.70 bits per heavy atom. The number of nitrogens with zero attached hydrogens (tertiary/aromatic N) is 3. The van der Waals surface area contributed by atoms with Gasteiger partial charge >= 0.3 is 5.97 Å². The fourth-order valence-corrected chi connectivity index (χ4v) is 5.51.